The van der Waals surface area contributed by atoms with Crippen molar-refractivity contribution in [1.82, 2.24) is 10.2 Å². The molecule has 1 aromatic carbocycles. The van der Waals surface area contributed by atoms with Crippen LogP contribution in [0.25, 0.3) is 0 Å². The summed E-state index contributed by atoms with van der Waals surface area (Å²) < 4.78 is 13.5. The zero-order valence-corrected chi connectivity index (χ0v) is 12.2. The van der Waals surface area contributed by atoms with E-state index in [0.29, 0.717) is 12.6 Å². The Morgan fingerprint density at radius 3 is 2.75 bits per heavy atom. The van der Waals surface area contributed by atoms with Crippen molar-refractivity contribution in [3.05, 3.63) is 29.6 Å². The van der Waals surface area contributed by atoms with Crippen LogP contribution < -0.4 is 16.6 Å². The average Bonchev–Trinajstić information content (AvgIpc) is 2.42. The second-order valence-corrected chi connectivity index (χ2v) is 4.99. The lowest BCUT2D eigenvalue weighted by molar-refractivity contribution is 0.0952. The van der Waals surface area contributed by atoms with Crippen molar-refractivity contribution in [2.45, 2.75) is 26.3 Å². The molecule has 1 rings (SSSR count). The van der Waals surface area contributed by atoms with Crippen LogP contribution in [-0.4, -0.2) is 37.0 Å². The number of benzene rings is 1. The van der Waals surface area contributed by atoms with Gasteiger partial charge in [-0.1, -0.05) is 6.07 Å². The number of nitrogens with two attached hydrogens (primary N) is 1. The Balaban J connectivity index is 2.50. The van der Waals surface area contributed by atoms with E-state index in [1.165, 1.54) is 18.2 Å². The summed E-state index contributed by atoms with van der Waals surface area (Å²) in [6, 6.07) is 4.75. The largest absolute Gasteiger partial charge is 0.352 e. The molecule has 0 aliphatic carbocycles. The maximum atomic E-state index is 13.5. The smallest absolute Gasteiger partial charge is 0.253 e. The number of hydrogen-bond donors (Lipinski definition) is 3. The first-order valence-electron chi connectivity index (χ1n) is 6.71. The first kappa shape index (κ1) is 16.4. The number of anilines is 1. The SMILES string of the molecule is CC(C)N(C)CCCNC(=O)c1cccc(F)c1NN. The highest BCUT2D eigenvalue weighted by Crippen LogP contribution is 2.18. The highest BCUT2D eigenvalue weighted by Gasteiger charge is 2.13. The minimum Gasteiger partial charge on any atom is -0.352 e. The van der Waals surface area contributed by atoms with Gasteiger partial charge in [0.2, 0.25) is 0 Å². The number of amides is 1. The Bertz CT molecular complexity index is 451. The molecule has 0 saturated carbocycles. The van der Waals surface area contributed by atoms with Crippen LogP contribution in [0.1, 0.15) is 30.6 Å². The molecule has 0 unspecified atom stereocenters. The lowest BCUT2D eigenvalue weighted by Crippen LogP contribution is -2.31. The molecule has 0 atom stereocenters. The normalized spacial score (nSPS) is 10.9. The Hall–Kier alpha value is -1.66. The molecule has 1 amide bonds. The fraction of sp³-hybridized carbons (Fsp3) is 0.500. The Kier molecular flexibility index (Phi) is 6.41. The van der Waals surface area contributed by atoms with E-state index in [9.17, 15) is 9.18 Å². The number of nitrogens with zero attached hydrogens (tertiary/aromatic N) is 1. The van der Waals surface area contributed by atoms with E-state index in [-0.39, 0.29) is 17.2 Å². The number of nitrogens with one attached hydrogen (secondary N) is 2. The van der Waals surface area contributed by atoms with E-state index in [4.69, 9.17) is 5.84 Å². The number of para-hydroxylation sites is 1. The Labute approximate surface area is 119 Å². The van der Waals surface area contributed by atoms with Gasteiger partial charge in [-0.15, -0.1) is 0 Å². The maximum Gasteiger partial charge on any atom is 0.253 e. The topological polar surface area (TPSA) is 70.4 Å². The van der Waals surface area contributed by atoms with Gasteiger partial charge in [0.15, 0.2) is 0 Å². The van der Waals surface area contributed by atoms with Crippen LogP contribution in [0.3, 0.4) is 0 Å². The van der Waals surface area contributed by atoms with E-state index in [1.807, 2.05) is 7.05 Å². The molecule has 0 radical (unpaired) electrons. The number of nitrogen functional groups attached to an aromatic ring is 1. The molecule has 0 bridgehead atoms. The maximum absolute atomic E-state index is 13.5. The van der Waals surface area contributed by atoms with Gasteiger partial charge in [0.25, 0.3) is 5.91 Å². The second kappa shape index (κ2) is 7.81. The second-order valence-electron chi connectivity index (χ2n) is 4.99. The number of hydrazine groups is 1. The first-order chi connectivity index (χ1) is 9.47. The minimum absolute atomic E-state index is 0.0179. The van der Waals surface area contributed by atoms with Crippen molar-refractivity contribution >= 4 is 11.6 Å². The van der Waals surface area contributed by atoms with Crippen LogP contribution >= 0.6 is 0 Å². The summed E-state index contributed by atoms with van der Waals surface area (Å²) in [6.45, 7) is 5.66. The van der Waals surface area contributed by atoms with Gasteiger partial charge in [0.1, 0.15) is 5.82 Å². The third kappa shape index (κ3) is 4.47. The monoisotopic (exact) mass is 282 g/mol. The molecule has 0 spiro atoms. The van der Waals surface area contributed by atoms with Crippen LogP contribution in [0.5, 0.6) is 0 Å². The first-order valence-corrected chi connectivity index (χ1v) is 6.71. The van der Waals surface area contributed by atoms with Gasteiger partial charge in [0.05, 0.1) is 11.3 Å². The van der Waals surface area contributed by atoms with Gasteiger partial charge in [-0.25, -0.2) is 4.39 Å². The molecule has 0 saturated heterocycles. The molecule has 0 heterocycles. The molecule has 0 aromatic heterocycles. The molecular formula is C14H23FN4O. The van der Waals surface area contributed by atoms with Gasteiger partial charge in [-0.05, 0) is 46.0 Å². The zero-order chi connectivity index (χ0) is 15.1. The third-order valence-electron chi connectivity index (χ3n) is 3.26. The van der Waals surface area contributed by atoms with Gasteiger partial charge in [0, 0.05) is 12.6 Å². The van der Waals surface area contributed by atoms with Gasteiger partial charge in [-0.3, -0.25) is 10.6 Å². The lowest BCUT2D eigenvalue weighted by atomic mass is 10.1. The van der Waals surface area contributed by atoms with Crippen molar-refractivity contribution in [3.63, 3.8) is 0 Å². The number of halogens is 1. The number of rotatable bonds is 7. The average molecular weight is 282 g/mol. The molecule has 0 fully saturated rings. The van der Waals surface area contributed by atoms with E-state index in [2.05, 4.69) is 29.5 Å². The van der Waals surface area contributed by atoms with Crippen molar-refractivity contribution in [3.8, 4) is 0 Å². The number of carbonyl (C=O) groups is 1. The van der Waals surface area contributed by atoms with Crippen molar-refractivity contribution in [2.75, 3.05) is 25.6 Å². The number of carbonyl (C=O) groups excluding carboxylic acids is 1. The summed E-state index contributed by atoms with van der Waals surface area (Å²) >= 11 is 0. The summed E-state index contributed by atoms with van der Waals surface area (Å²) in [4.78, 5) is 14.2. The molecular weight excluding hydrogens is 259 g/mol. The van der Waals surface area contributed by atoms with E-state index >= 15 is 0 Å². The van der Waals surface area contributed by atoms with Gasteiger partial charge >= 0.3 is 0 Å². The van der Waals surface area contributed by atoms with Crippen LogP contribution in [0, 0.1) is 5.82 Å². The molecule has 5 nitrogen and oxygen atoms in total. The summed E-state index contributed by atoms with van der Waals surface area (Å²) in [5.74, 6) is 4.37. The van der Waals surface area contributed by atoms with Crippen LogP contribution in [0.4, 0.5) is 10.1 Å². The Morgan fingerprint density at radius 2 is 2.15 bits per heavy atom. The summed E-state index contributed by atoms with van der Waals surface area (Å²) in [7, 11) is 2.04. The quantitative estimate of drug-likeness (QED) is 0.403. The fourth-order valence-corrected chi connectivity index (χ4v) is 1.74. The summed E-state index contributed by atoms with van der Waals surface area (Å²) in [5, 5.41) is 2.77. The van der Waals surface area contributed by atoms with Crippen molar-refractivity contribution in [1.29, 1.82) is 0 Å². The van der Waals surface area contributed by atoms with Crippen LogP contribution in [-0.2, 0) is 0 Å². The molecule has 20 heavy (non-hydrogen) atoms. The predicted octanol–water partition coefficient (Wildman–Crippen LogP) is 1.57. The number of hydrogen-bond acceptors (Lipinski definition) is 4. The van der Waals surface area contributed by atoms with Crippen molar-refractivity contribution < 1.29 is 9.18 Å². The predicted molar refractivity (Wildman–Crippen MR) is 78.9 cm³/mol. The minimum atomic E-state index is -0.542. The highest BCUT2D eigenvalue weighted by atomic mass is 19.1. The highest BCUT2D eigenvalue weighted by molar-refractivity contribution is 5.99. The van der Waals surface area contributed by atoms with Crippen LogP contribution in [0.15, 0.2) is 18.2 Å². The van der Waals surface area contributed by atoms with E-state index in [1.54, 1.807) is 0 Å². The zero-order valence-electron chi connectivity index (χ0n) is 12.2. The van der Waals surface area contributed by atoms with E-state index < -0.39 is 5.82 Å². The standard InChI is InChI=1S/C14H23FN4O/c1-10(2)19(3)9-5-8-17-14(20)11-6-4-7-12(15)13(11)18-16/h4,6-7,10,18H,5,8-9,16H2,1-3H3,(H,17,20). The molecule has 0 aliphatic heterocycles. The van der Waals surface area contributed by atoms with Gasteiger partial charge in [-0.2, -0.15) is 0 Å². The molecule has 4 N–H and O–H groups in total. The Morgan fingerprint density at radius 1 is 1.45 bits per heavy atom. The van der Waals surface area contributed by atoms with E-state index in [0.717, 1.165) is 13.0 Å². The van der Waals surface area contributed by atoms with Gasteiger partial charge < -0.3 is 15.6 Å². The van der Waals surface area contributed by atoms with Crippen molar-refractivity contribution in [2.24, 2.45) is 5.84 Å². The molecule has 1 aromatic rings. The molecule has 6 heteroatoms. The third-order valence-corrected chi connectivity index (χ3v) is 3.26. The molecule has 112 valence electrons. The molecule has 0 aliphatic rings. The fourth-order valence-electron chi connectivity index (χ4n) is 1.74. The summed E-state index contributed by atoms with van der Waals surface area (Å²) in [5.41, 5.74) is 2.45. The van der Waals surface area contributed by atoms with Crippen LogP contribution in [0.2, 0.25) is 0 Å². The summed E-state index contributed by atoms with van der Waals surface area (Å²) in [6.07, 6.45) is 0.834. The lowest BCUT2D eigenvalue weighted by Gasteiger charge is -2.20.